The van der Waals surface area contributed by atoms with Gasteiger partial charge in [0.2, 0.25) is 7.37 Å². The summed E-state index contributed by atoms with van der Waals surface area (Å²) in [6.07, 6.45) is 6.53. The first-order chi connectivity index (χ1) is 8.23. The van der Waals surface area contributed by atoms with Crippen LogP contribution in [0.2, 0.25) is 0 Å². The van der Waals surface area contributed by atoms with E-state index in [1.165, 1.54) is 19.3 Å². The molecular weight excluding hydrogens is 231 g/mol. The molecule has 1 aromatic rings. The first-order valence-corrected chi connectivity index (χ1v) is 8.24. The Kier molecular flexibility index (Phi) is 6.54. The average Bonchev–Trinajstić information content (AvgIpc) is 2.39. The molecule has 0 aliphatic rings. The average molecular weight is 254 g/mol. The van der Waals surface area contributed by atoms with E-state index in [1.54, 1.807) is 7.11 Å². The van der Waals surface area contributed by atoms with Crippen LogP contribution in [0.1, 0.15) is 39.0 Å². The second kappa shape index (κ2) is 7.68. The molecule has 0 aromatic heterocycles. The maximum atomic E-state index is 12.6. The van der Waals surface area contributed by atoms with Gasteiger partial charge in [-0.1, -0.05) is 50.8 Å². The van der Waals surface area contributed by atoms with Crippen molar-refractivity contribution in [1.82, 2.24) is 0 Å². The lowest BCUT2D eigenvalue weighted by atomic mass is 10.2. The third-order valence-corrected chi connectivity index (χ3v) is 5.58. The van der Waals surface area contributed by atoms with Gasteiger partial charge in [0.25, 0.3) is 0 Å². The minimum atomic E-state index is -2.60. The van der Waals surface area contributed by atoms with Crippen molar-refractivity contribution >= 4 is 12.7 Å². The SMILES string of the molecule is CCCCCCCP(=O)(OC)c1ccccc1. The topological polar surface area (TPSA) is 26.3 Å². The van der Waals surface area contributed by atoms with Crippen LogP contribution in [0.5, 0.6) is 0 Å². The minimum absolute atomic E-state index is 0.664. The highest BCUT2D eigenvalue weighted by molar-refractivity contribution is 7.66. The number of hydrogen-bond donors (Lipinski definition) is 0. The highest BCUT2D eigenvalue weighted by atomic mass is 31.2. The van der Waals surface area contributed by atoms with E-state index in [-0.39, 0.29) is 0 Å². The Morgan fingerprint density at radius 1 is 1.06 bits per heavy atom. The molecule has 3 heteroatoms. The molecular formula is C14H23O2P. The number of hydrogen-bond acceptors (Lipinski definition) is 2. The van der Waals surface area contributed by atoms with E-state index in [4.69, 9.17) is 4.52 Å². The third-order valence-electron chi connectivity index (χ3n) is 3.00. The maximum absolute atomic E-state index is 12.6. The van der Waals surface area contributed by atoms with Crippen LogP contribution in [0.15, 0.2) is 30.3 Å². The molecule has 0 aliphatic heterocycles. The number of rotatable bonds is 8. The van der Waals surface area contributed by atoms with Crippen molar-refractivity contribution in [2.45, 2.75) is 39.0 Å². The Morgan fingerprint density at radius 2 is 1.71 bits per heavy atom. The molecule has 1 aromatic carbocycles. The molecule has 0 N–H and O–H groups in total. The van der Waals surface area contributed by atoms with Crippen LogP contribution in [-0.2, 0) is 9.09 Å². The molecule has 0 heterocycles. The normalized spacial score (nSPS) is 14.5. The molecule has 0 amide bonds. The quantitative estimate of drug-likeness (QED) is 0.513. The van der Waals surface area contributed by atoms with Crippen molar-refractivity contribution in [2.24, 2.45) is 0 Å². The van der Waals surface area contributed by atoms with E-state index in [2.05, 4.69) is 6.92 Å². The largest absolute Gasteiger partial charge is 0.329 e. The van der Waals surface area contributed by atoms with Crippen molar-refractivity contribution in [3.05, 3.63) is 30.3 Å². The van der Waals surface area contributed by atoms with Crippen molar-refractivity contribution in [2.75, 3.05) is 13.3 Å². The van der Waals surface area contributed by atoms with Crippen molar-refractivity contribution in [1.29, 1.82) is 0 Å². The molecule has 0 aliphatic carbocycles. The van der Waals surface area contributed by atoms with Crippen molar-refractivity contribution < 1.29 is 9.09 Å². The van der Waals surface area contributed by atoms with Crippen LogP contribution in [-0.4, -0.2) is 13.3 Å². The highest BCUT2D eigenvalue weighted by Crippen LogP contribution is 2.45. The molecule has 0 fully saturated rings. The van der Waals surface area contributed by atoms with Crippen molar-refractivity contribution in [3.8, 4) is 0 Å². The van der Waals surface area contributed by atoms with Gasteiger partial charge in [-0.05, 0) is 18.6 Å². The second-order valence-corrected chi connectivity index (χ2v) is 7.00. The van der Waals surface area contributed by atoms with Crippen LogP contribution in [0.3, 0.4) is 0 Å². The van der Waals surface area contributed by atoms with E-state index in [0.717, 1.165) is 18.1 Å². The summed E-state index contributed by atoms with van der Waals surface area (Å²) in [6.45, 7) is 2.20. The van der Waals surface area contributed by atoms with Gasteiger partial charge in [0.1, 0.15) is 0 Å². The van der Waals surface area contributed by atoms with Crippen LogP contribution in [0.4, 0.5) is 0 Å². The Labute approximate surface area is 105 Å². The molecule has 1 unspecified atom stereocenters. The summed E-state index contributed by atoms with van der Waals surface area (Å²) in [6, 6.07) is 9.56. The Morgan fingerprint density at radius 3 is 2.29 bits per heavy atom. The summed E-state index contributed by atoms with van der Waals surface area (Å²) in [5.41, 5.74) is 0. The smallest absolute Gasteiger partial charge is 0.231 e. The monoisotopic (exact) mass is 254 g/mol. The van der Waals surface area contributed by atoms with E-state index >= 15 is 0 Å². The van der Waals surface area contributed by atoms with Gasteiger partial charge in [-0.15, -0.1) is 0 Å². The number of unbranched alkanes of at least 4 members (excludes halogenated alkanes) is 4. The zero-order valence-electron chi connectivity index (χ0n) is 10.9. The van der Waals surface area contributed by atoms with Gasteiger partial charge in [0.05, 0.1) is 0 Å². The third kappa shape index (κ3) is 4.65. The van der Waals surface area contributed by atoms with E-state index in [1.807, 2.05) is 30.3 Å². The lowest BCUT2D eigenvalue weighted by molar-refractivity contribution is 0.401. The second-order valence-electron chi connectivity index (χ2n) is 4.33. The van der Waals surface area contributed by atoms with Gasteiger partial charge in [-0.3, -0.25) is 4.57 Å². The van der Waals surface area contributed by atoms with Gasteiger partial charge in [-0.2, -0.15) is 0 Å². The molecule has 2 nitrogen and oxygen atoms in total. The fraction of sp³-hybridized carbons (Fsp3) is 0.571. The summed E-state index contributed by atoms with van der Waals surface area (Å²) < 4.78 is 17.9. The minimum Gasteiger partial charge on any atom is -0.329 e. The Balaban J connectivity index is 2.49. The zero-order chi connectivity index (χ0) is 12.6. The summed E-state index contributed by atoms with van der Waals surface area (Å²) >= 11 is 0. The first kappa shape index (κ1) is 14.5. The summed E-state index contributed by atoms with van der Waals surface area (Å²) in [4.78, 5) is 0. The van der Waals surface area contributed by atoms with Crippen LogP contribution in [0.25, 0.3) is 0 Å². The summed E-state index contributed by atoms with van der Waals surface area (Å²) in [7, 11) is -1.05. The van der Waals surface area contributed by atoms with Crippen molar-refractivity contribution in [3.63, 3.8) is 0 Å². The van der Waals surface area contributed by atoms with Crippen LogP contribution < -0.4 is 5.30 Å². The fourth-order valence-electron chi connectivity index (χ4n) is 1.90. The van der Waals surface area contributed by atoms with Gasteiger partial charge >= 0.3 is 0 Å². The van der Waals surface area contributed by atoms with E-state index in [0.29, 0.717) is 6.16 Å². The first-order valence-electron chi connectivity index (χ1n) is 6.43. The molecule has 96 valence electrons. The predicted octanol–water partition coefficient (Wildman–Crippen LogP) is 4.21. The zero-order valence-corrected chi connectivity index (χ0v) is 11.8. The van der Waals surface area contributed by atoms with Crippen LogP contribution >= 0.6 is 7.37 Å². The van der Waals surface area contributed by atoms with Crippen LogP contribution in [0, 0.1) is 0 Å². The molecule has 0 saturated carbocycles. The molecule has 1 rings (SSSR count). The lowest BCUT2D eigenvalue weighted by Crippen LogP contribution is -2.08. The van der Waals surface area contributed by atoms with Gasteiger partial charge < -0.3 is 4.52 Å². The Bertz CT molecular complexity index is 348. The predicted molar refractivity (Wildman–Crippen MR) is 74.3 cm³/mol. The maximum Gasteiger partial charge on any atom is 0.231 e. The van der Waals surface area contributed by atoms with Gasteiger partial charge in [-0.25, -0.2) is 0 Å². The lowest BCUT2D eigenvalue weighted by Gasteiger charge is -2.16. The molecule has 0 spiro atoms. The van der Waals surface area contributed by atoms with E-state index < -0.39 is 7.37 Å². The molecule has 0 saturated heterocycles. The summed E-state index contributed by atoms with van der Waals surface area (Å²) in [5.74, 6) is 0. The number of benzene rings is 1. The molecule has 1 atom stereocenters. The highest BCUT2D eigenvalue weighted by Gasteiger charge is 2.23. The summed E-state index contributed by atoms with van der Waals surface area (Å²) in [5, 5.41) is 0.845. The van der Waals surface area contributed by atoms with Gasteiger partial charge in [0.15, 0.2) is 0 Å². The molecule has 0 bridgehead atoms. The standard InChI is InChI=1S/C14H23O2P/c1-3-4-5-6-10-13-17(15,16-2)14-11-8-7-9-12-14/h7-9,11-12H,3-6,10,13H2,1-2H3. The molecule has 0 radical (unpaired) electrons. The van der Waals surface area contributed by atoms with Gasteiger partial charge in [0, 0.05) is 18.6 Å². The Hall–Kier alpha value is -0.590. The van der Waals surface area contributed by atoms with E-state index in [9.17, 15) is 4.57 Å². The fourth-order valence-corrected chi connectivity index (χ4v) is 3.82. The molecule has 17 heavy (non-hydrogen) atoms.